The predicted molar refractivity (Wildman–Crippen MR) is 291 cm³/mol. The Kier molecular flexibility index (Phi) is 10.1. The molecule has 0 spiro atoms. The number of benzene rings is 10. The van der Waals surface area contributed by atoms with Crippen LogP contribution in [0.15, 0.2) is 267 Å². The molecule has 0 aliphatic heterocycles. The van der Waals surface area contributed by atoms with E-state index in [1.165, 1.54) is 10.8 Å². The Morgan fingerprint density at radius 1 is 0.271 bits per heavy atom. The van der Waals surface area contributed by atoms with Crippen LogP contribution in [0.1, 0.15) is 0 Å². The van der Waals surface area contributed by atoms with Gasteiger partial charge >= 0.3 is 0 Å². The smallest absolute Gasteiger partial charge is 0.235 e. The first-order valence-corrected chi connectivity index (χ1v) is 23.7. The van der Waals surface area contributed by atoms with Crippen molar-refractivity contribution < 1.29 is 0 Å². The van der Waals surface area contributed by atoms with E-state index in [9.17, 15) is 0 Å². The molecule has 0 saturated carbocycles. The summed E-state index contributed by atoms with van der Waals surface area (Å²) < 4.78 is 4.70. The Balaban J connectivity index is 1.04. The molecule has 0 amide bonds. The molecule has 70 heavy (non-hydrogen) atoms. The van der Waals surface area contributed by atoms with Gasteiger partial charge in [0.05, 0.1) is 33.5 Å². The molecular formula is C64H44N6. The van der Waals surface area contributed by atoms with Gasteiger partial charge in [0.25, 0.3) is 0 Å². The lowest BCUT2D eigenvalue weighted by molar-refractivity contribution is 0.995. The summed E-state index contributed by atoms with van der Waals surface area (Å²) >= 11 is 0. The van der Waals surface area contributed by atoms with Gasteiger partial charge in [0, 0.05) is 72.5 Å². The van der Waals surface area contributed by atoms with Gasteiger partial charge in [0.15, 0.2) is 0 Å². The van der Waals surface area contributed by atoms with Crippen molar-refractivity contribution >= 4 is 77.7 Å². The summed E-state index contributed by atoms with van der Waals surface area (Å²) in [7, 11) is 0. The van der Waals surface area contributed by atoms with Crippen molar-refractivity contribution in [1.82, 2.24) is 19.1 Å². The molecule has 6 nitrogen and oxygen atoms in total. The van der Waals surface area contributed by atoms with E-state index in [1.54, 1.807) is 0 Å². The fourth-order valence-corrected chi connectivity index (χ4v) is 10.1. The van der Waals surface area contributed by atoms with Crippen LogP contribution in [0.5, 0.6) is 0 Å². The second-order valence-corrected chi connectivity index (χ2v) is 17.4. The molecule has 13 rings (SSSR count). The van der Waals surface area contributed by atoms with Crippen molar-refractivity contribution in [2.75, 3.05) is 9.80 Å². The number of para-hydroxylation sites is 7. The SMILES string of the molecule is c1ccc(N(c2ccccc2)c2ccc(-c3cc(-c4ccc(N(c5ccccc5)c5ccccc5)cc4)nc(-n4c5ccccc5c5ccc6c7ccccc7n(-c7ccccc7)c6c54)n3)cc2)cc1. The third-order valence-corrected chi connectivity index (χ3v) is 13.3. The van der Waals surface area contributed by atoms with Crippen LogP contribution >= 0.6 is 0 Å². The lowest BCUT2D eigenvalue weighted by atomic mass is 10.1. The van der Waals surface area contributed by atoms with Crippen LogP contribution in [-0.4, -0.2) is 19.1 Å². The largest absolute Gasteiger partial charge is 0.311 e. The highest BCUT2D eigenvalue weighted by atomic mass is 15.2. The second-order valence-electron chi connectivity index (χ2n) is 17.4. The van der Waals surface area contributed by atoms with Gasteiger partial charge in [-0.3, -0.25) is 4.57 Å². The van der Waals surface area contributed by atoms with Crippen LogP contribution in [0.25, 0.3) is 77.8 Å². The summed E-state index contributed by atoms with van der Waals surface area (Å²) in [6.07, 6.45) is 0. The highest BCUT2D eigenvalue weighted by Gasteiger charge is 2.24. The minimum atomic E-state index is 0.592. The zero-order valence-electron chi connectivity index (χ0n) is 38.1. The molecule has 6 heteroatoms. The molecule has 0 radical (unpaired) electrons. The van der Waals surface area contributed by atoms with Crippen LogP contribution in [0.3, 0.4) is 0 Å². The van der Waals surface area contributed by atoms with Gasteiger partial charge < -0.3 is 14.4 Å². The topological polar surface area (TPSA) is 42.1 Å². The first-order chi connectivity index (χ1) is 34.7. The van der Waals surface area contributed by atoms with Crippen molar-refractivity contribution in [1.29, 1.82) is 0 Å². The molecule has 0 bridgehead atoms. The Morgan fingerprint density at radius 2 is 0.600 bits per heavy atom. The normalized spacial score (nSPS) is 11.4. The van der Waals surface area contributed by atoms with E-state index in [0.29, 0.717) is 5.95 Å². The van der Waals surface area contributed by atoms with Crippen LogP contribution in [0.2, 0.25) is 0 Å². The summed E-state index contributed by atoms with van der Waals surface area (Å²) in [6, 6.07) is 94.3. The third kappa shape index (κ3) is 7.06. The number of anilines is 6. The van der Waals surface area contributed by atoms with Gasteiger partial charge in [-0.25, -0.2) is 9.97 Å². The molecule has 0 saturated heterocycles. The summed E-state index contributed by atoms with van der Waals surface area (Å²) in [5.74, 6) is 0.592. The Bertz CT molecular complexity index is 3740. The van der Waals surface area contributed by atoms with E-state index in [0.717, 1.165) is 95.2 Å². The Hall–Kier alpha value is -9.52. The molecule has 0 unspecified atom stereocenters. The van der Waals surface area contributed by atoms with E-state index < -0.39 is 0 Å². The maximum atomic E-state index is 5.57. The molecule has 0 atom stereocenters. The zero-order valence-corrected chi connectivity index (χ0v) is 38.1. The molecule has 0 aliphatic rings. The van der Waals surface area contributed by atoms with Crippen molar-refractivity contribution in [3.63, 3.8) is 0 Å². The van der Waals surface area contributed by atoms with Crippen molar-refractivity contribution in [2.45, 2.75) is 0 Å². The van der Waals surface area contributed by atoms with E-state index in [2.05, 4.69) is 286 Å². The van der Waals surface area contributed by atoms with E-state index in [-0.39, 0.29) is 0 Å². The molecule has 13 aromatic rings. The average molecular weight is 897 g/mol. The van der Waals surface area contributed by atoms with Gasteiger partial charge in [-0.15, -0.1) is 0 Å². The molecule has 0 fully saturated rings. The quantitative estimate of drug-likeness (QED) is 0.137. The molecule has 3 aromatic heterocycles. The minimum absolute atomic E-state index is 0.592. The first kappa shape index (κ1) is 40.7. The van der Waals surface area contributed by atoms with Crippen LogP contribution in [0.4, 0.5) is 34.1 Å². The number of rotatable bonds is 10. The monoisotopic (exact) mass is 896 g/mol. The lowest BCUT2D eigenvalue weighted by Crippen LogP contribution is -2.09. The fraction of sp³-hybridized carbons (Fsp3) is 0. The van der Waals surface area contributed by atoms with Crippen molar-refractivity contribution in [3.8, 4) is 34.2 Å². The second kappa shape index (κ2) is 17.3. The molecule has 330 valence electrons. The summed E-state index contributed by atoms with van der Waals surface area (Å²) in [5.41, 5.74) is 15.5. The maximum absolute atomic E-state index is 5.57. The molecule has 3 heterocycles. The molecule has 0 N–H and O–H groups in total. The molecule has 10 aromatic carbocycles. The fourth-order valence-electron chi connectivity index (χ4n) is 10.1. The van der Waals surface area contributed by atoms with E-state index in [4.69, 9.17) is 9.97 Å². The van der Waals surface area contributed by atoms with Gasteiger partial charge in [0.1, 0.15) is 0 Å². The maximum Gasteiger partial charge on any atom is 0.235 e. The number of nitrogens with zero attached hydrogens (tertiary/aromatic N) is 6. The van der Waals surface area contributed by atoms with Gasteiger partial charge in [-0.2, -0.15) is 0 Å². The standard InChI is InChI=1S/C64H44N6/c1-6-20-47(21-7-1)67(48-22-8-2-9-23-48)52-38-34-45(35-39-52)58-44-59(46-36-40-53(41-37-46)68(49-24-10-3-11-25-49)50-26-12-4-13-27-50)66-64(65-58)70-61-33-19-17-31-55(61)57-43-42-56-54-30-16-18-32-60(54)69(62(56)63(57)70)51-28-14-5-15-29-51/h1-44H. The lowest BCUT2D eigenvalue weighted by Gasteiger charge is -2.25. The summed E-state index contributed by atoms with van der Waals surface area (Å²) in [6.45, 7) is 0. The minimum Gasteiger partial charge on any atom is -0.311 e. The number of hydrogen-bond donors (Lipinski definition) is 0. The number of hydrogen-bond acceptors (Lipinski definition) is 4. The first-order valence-electron chi connectivity index (χ1n) is 23.7. The highest BCUT2D eigenvalue weighted by Crippen LogP contribution is 2.43. The van der Waals surface area contributed by atoms with Crippen LogP contribution in [0, 0.1) is 0 Å². The highest BCUT2D eigenvalue weighted by molar-refractivity contribution is 6.23. The van der Waals surface area contributed by atoms with Crippen molar-refractivity contribution in [3.05, 3.63) is 267 Å². The number of fused-ring (bicyclic) bond motifs is 7. The Morgan fingerprint density at radius 3 is 1.01 bits per heavy atom. The summed E-state index contributed by atoms with van der Waals surface area (Å²) in [4.78, 5) is 15.7. The number of aromatic nitrogens is 4. The van der Waals surface area contributed by atoms with Crippen LogP contribution < -0.4 is 9.80 Å². The van der Waals surface area contributed by atoms with E-state index >= 15 is 0 Å². The predicted octanol–water partition coefficient (Wildman–Crippen LogP) is 16.9. The Labute approximate surface area is 405 Å². The average Bonchev–Trinajstić information content (AvgIpc) is 3.96. The van der Waals surface area contributed by atoms with Gasteiger partial charge in [-0.05, 0) is 103 Å². The van der Waals surface area contributed by atoms with Crippen LogP contribution in [-0.2, 0) is 0 Å². The van der Waals surface area contributed by atoms with Crippen molar-refractivity contribution in [2.24, 2.45) is 0 Å². The van der Waals surface area contributed by atoms with E-state index in [1.807, 2.05) is 0 Å². The molecule has 0 aliphatic carbocycles. The van der Waals surface area contributed by atoms with Gasteiger partial charge in [-0.1, -0.05) is 164 Å². The molecular weight excluding hydrogens is 853 g/mol. The summed E-state index contributed by atoms with van der Waals surface area (Å²) in [5, 5.41) is 4.63. The third-order valence-electron chi connectivity index (χ3n) is 13.3. The van der Waals surface area contributed by atoms with Gasteiger partial charge in [0.2, 0.25) is 5.95 Å². The zero-order chi connectivity index (χ0) is 46.4.